The molecule has 4 nitrogen and oxygen atoms in total. The molecule has 1 saturated heterocycles. The third-order valence-corrected chi connectivity index (χ3v) is 3.03. The molecule has 0 aliphatic carbocycles. The minimum atomic E-state index is 0.0322. The average molecular weight is 242 g/mol. The van der Waals surface area contributed by atoms with E-state index in [0.717, 1.165) is 52.0 Å². The minimum Gasteiger partial charge on any atom is -0.381 e. The third kappa shape index (κ3) is 6.64. The normalized spacial score (nSPS) is 20.2. The van der Waals surface area contributed by atoms with Gasteiger partial charge in [0.05, 0.1) is 6.04 Å². The van der Waals surface area contributed by atoms with Gasteiger partial charge in [-0.05, 0) is 32.2 Å². The van der Waals surface area contributed by atoms with Crippen molar-refractivity contribution in [1.82, 2.24) is 10.6 Å². The van der Waals surface area contributed by atoms with Gasteiger partial charge in [-0.3, -0.25) is 4.79 Å². The van der Waals surface area contributed by atoms with Gasteiger partial charge in [0.15, 0.2) is 0 Å². The Kier molecular flexibility index (Phi) is 8.01. The average Bonchev–Trinajstić information content (AvgIpc) is 2.38. The van der Waals surface area contributed by atoms with Gasteiger partial charge in [0, 0.05) is 19.8 Å². The Bertz CT molecular complexity index is 204. The number of hydrogen-bond donors (Lipinski definition) is 2. The van der Waals surface area contributed by atoms with Crippen LogP contribution in [0, 0.1) is 0 Å². The highest BCUT2D eigenvalue weighted by molar-refractivity contribution is 5.81. The Morgan fingerprint density at radius 2 is 2.18 bits per heavy atom. The van der Waals surface area contributed by atoms with Crippen molar-refractivity contribution in [3.05, 3.63) is 0 Å². The number of unbranched alkanes of at least 4 members (excludes halogenated alkanes) is 1. The first kappa shape index (κ1) is 14.5. The van der Waals surface area contributed by atoms with Crippen molar-refractivity contribution >= 4 is 5.91 Å². The molecule has 1 rings (SSSR count). The standard InChI is InChI=1S/C13H26N2O2/c1-2-3-10-17-11-6-9-15-13(16)12-7-4-5-8-14-12/h12,14H,2-11H2,1H3,(H,15,16)/t12-/m1/s1. The Hall–Kier alpha value is -0.610. The molecule has 1 fully saturated rings. The number of carbonyl (C=O) groups excluding carboxylic acids is 1. The molecule has 0 saturated carbocycles. The molecule has 0 bridgehead atoms. The second-order valence-corrected chi connectivity index (χ2v) is 4.61. The molecule has 0 aromatic carbocycles. The van der Waals surface area contributed by atoms with Crippen molar-refractivity contribution in [2.75, 3.05) is 26.3 Å². The summed E-state index contributed by atoms with van der Waals surface area (Å²) in [6, 6.07) is 0.0322. The predicted octanol–water partition coefficient (Wildman–Crippen LogP) is 1.45. The molecule has 2 N–H and O–H groups in total. The van der Waals surface area contributed by atoms with Crippen LogP contribution in [-0.4, -0.2) is 38.3 Å². The van der Waals surface area contributed by atoms with Crippen LogP contribution in [0.25, 0.3) is 0 Å². The highest BCUT2D eigenvalue weighted by Gasteiger charge is 2.19. The Morgan fingerprint density at radius 1 is 1.35 bits per heavy atom. The Morgan fingerprint density at radius 3 is 2.88 bits per heavy atom. The monoisotopic (exact) mass is 242 g/mol. The molecule has 1 heterocycles. The Labute approximate surface area is 104 Å². The van der Waals surface area contributed by atoms with E-state index < -0.39 is 0 Å². The lowest BCUT2D eigenvalue weighted by Crippen LogP contribution is -2.46. The van der Waals surface area contributed by atoms with E-state index in [-0.39, 0.29) is 11.9 Å². The molecule has 17 heavy (non-hydrogen) atoms. The summed E-state index contributed by atoms with van der Waals surface area (Å²) in [5.74, 6) is 0.151. The van der Waals surface area contributed by atoms with Gasteiger partial charge in [0.1, 0.15) is 0 Å². The fourth-order valence-electron chi connectivity index (χ4n) is 1.93. The van der Waals surface area contributed by atoms with Crippen molar-refractivity contribution in [1.29, 1.82) is 0 Å². The second kappa shape index (κ2) is 9.42. The molecule has 0 aromatic heterocycles. The molecule has 1 aliphatic heterocycles. The number of carbonyl (C=O) groups is 1. The zero-order valence-corrected chi connectivity index (χ0v) is 11.0. The maximum atomic E-state index is 11.7. The van der Waals surface area contributed by atoms with Gasteiger partial charge in [0.25, 0.3) is 0 Å². The molecule has 4 heteroatoms. The maximum Gasteiger partial charge on any atom is 0.237 e. The zero-order chi connectivity index (χ0) is 12.3. The lowest BCUT2D eigenvalue weighted by atomic mass is 10.0. The van der Waals surface area contributed by atoms with Crippen LogP contribution >= 0.6 is 0 Å². The summed E-state index contributed by atoms with van der Waals surface area (Å²) in [6.45, 7) is 5.44. The highest BCUT2D eigenvalue weighted by Crippen LogP contribution is 2.06. The second-order valence-electron chi connectivity index (χ2n) is 4.61. The summed E-state index contributed by atoms with van der Waals surface area (Å²) < 4.78 is 5.43. The van der Waals surface area contributed by atoms with Crippen molar-refractivity contribution in [3.63, 3.8) is 0 Å². The molecule has 0 aromatic rings. The van der Waals surface area contributed by atoms with Crippen molar-refractivity contribution < 1.29 is 9.53 Å². The summed E-state index contributed by atoms with van der Waals surface area (Å²) in [6.07, 6.45) is 6.52. The quantitative estimate of drug-likeness (QED) is 0.633. The van der Waals surface area contributed by atoms with Gasteiger partial charge < -0.3 is 15.4 Å². The predicted molar refractivity (Wildman–Crippen MR) is 69.0 cm³/mol. The van der Waals surface area contributed by atoms with E-state index in [0.29, 0.717) is 0 Å². The molecule has 1 aliphatic rings. The third-order valence-electron chi connectivity index (χ3n) is 3.03. The first-order chi connectivity index (χ1) is 8.34. The lowest BCUT2D eigenvalue weighted by molar-refractivity contribution is -0.123. The summed E-state index contributed by atoms with van der Waals surface area (Å²) in [5.41, 5.74) is 0. The number of amides is 1. The molecule has 0 radical (unpaired) electrons. The Balaban J connectivity index is 1.92. The van der Waals surface area contributed by atoms with Gasteiger partial charge in [-0.15, -0.1) is 0 Å². The number of nitrogens with one attached hydrogen (secondary N) is 2. The fraction of sp³-hybridized carbons (Fsp3) is 0.923. The molecule has 1 atom stereocenters. The van der Waals surface area contributed by atoms with Crippen LogP contribution in [0.5, 0.6) is 0 Å². The van der Waals surface area contributed by atoms with Crippen molar-refractivity contribution in [2.24, 2.45) is 0 Å². The zero-order valence-electron chi connectivity index (χ0n) is 11.0. The van der Waals surface area contributed by atoms with Gasteiger partial charge in [-0.25, -0.2) is 0 Å². The summed E-state index contributed by atoms with van der Waals surface area (Å²) in [4.78, 5) is 11.7. The number of hydrogen-bond acceptors (Lipinski definition) is 3. The molecule has 0 unspecified atom stereocenters. The van der Waals surface area contributed by atoms with Crippen molar-refractivity contribution in [2.45, 2.75) is 51.5 Å². The van der Waals surface area contributed by atoms with Crippen LogP contribution in [0.3, 0.4) is 0 Å². The number of piperidine rings is 1. The van der Waals surface area contributed by atoms with E-state index in [4.69, 9.17) is 4.74 Å². The van der Waals surface area contributed by atoms with Crippen molar-refractivity contribution in [3.8, 4) is 0 Å². The highest BCUT2D eigenvalue weighted by atomic mass is 16.5. The molecular weight excluding hydrogens is 216 g/mol. The van der Waals surface area contributed by atoms with Gasteiger partial charge >= 0.3 is 0 Å². The maximum absolute atomic E-state index is 11.7. The first-order valence-corrected chi connectivity index (χ1v) is 6.93. The van der Waals surface area contributed by atoms with Crippen LogP contribution in [0.4, 0.5) is 0 Å². The fourth-order valence-corrected chi connectivity index (χ4v) is 1.93. The molecule has 1 amide bonds. The first-order valence-electron chi connectivity index (χ1n) is 6.93. The van der Waals surface area contributed by atoms with Crippen LogP contribution in [0.1, 0.15) is 45.4 Å². The van der Waals surface area contributed by atoms with Crippen LogP contribution in [0.15, 0.2) is 0 Å². The minimum absolute atomic E-state index is 0.0322. The summed E-state index contributed by atoms with van der Waals surface area (Å²) >= 11 is 0. The topological polar surface area (TPSA) is 50.4 Å². The summed E-state index contributed by atoms with van der Waals surface area (Å²) in [7, 11) is 0. The van der Waals surface area contributed by atoms with Gasteiger partial charge in [-0.2, -0.15) is 0 Å². The molecule has 100 valence electrons. The van der Waals surface area contributed by atoms with E-state index in [1.165, 1.54) is 12.8 Å². The van der Waals surface area contributed by atoms with Gasteiger partial charge in [-0.1, -0.05) is 19.8 Å². The van der Waals surface area contributed by atoms with Crippen LogP contribution in [-0.2, 0) is 9.53 Å². The summed E-state index contributed by atoms with van der Waals surface area (Å²) in [5, 5.41) is 6.21. The van der Waals surface area contributed by atoms with E-state index >= 15 is 0 Å². The number of ether oxygens (including phenoxy) is 1. The van der Waals surface area contributed by atoms with Gasteiger partial charge in [0.2, 0.25) is 5.91 Å². The van der Waals surface area contributed by atoms with E-state index in [9.17, 15) is 4.79 Å². The van der Waals surface area contributed by atoms with Crippen LogP contribution in [0.2, 0.25) is 0 Å². The number of rotatable bonds is 8. The molecular formula is C13H26N2O2. The smallest absolute Gasteiger partial charge is 0.237 e. The van der Waals surface area contributed by atoms with E-state index in [1.807, 2.05) is 0 Å². The van der Waals surface area contributed by atoms with Crippen LogP contribution < -0.4 is 10.6 Å². The lowest BCUT2D eigenvalue weighted by Gasteiger charge is -2.22. The largest absolute Gasteiger partial charge is 0.381 e. The molecule has 0 spiro atoms. The van der Waals surface area contributed by atoms with E-state index in [1.54, 1.807) is 0 Å². The SMILES string of the molecule is CCCCOCCCNC(=O)[C@H]1CCCCN1. The van der Waals surface area contributed by atoms with E-state index in [2.05, 4.69) is 17.6 Å².